The van der Waals surface area contributed by atoms with Crippen LogP contribution in [0.2, 0.25) is 0 Å². The van der Waals surface area contributed by atoms with Crippen LogP contribution in [0, 0.1) is 0 Å². The van der Waals surface area contributed by atoms with Crippen molar-refractivity contribution in [3.8, 4) is 0 Å². The molecule has 0 aromatic heterocycles. The van der Waals surface area contributed by atoms with Gasteiger partial charge >= 0.3 is 0 Å². The first-order valence-electron chi connectivity index (χ1n) is 7.49. The molecular weight excluding hydrogens is 232 g/mol. The minimum absolute atomic E-state index is 0.895. The van der Waals surface area contributed by atoms with Gasteiger partial charge in [0.25, 0.3) is 0 Å². The van der Waals surface area contributed by atoms with Crippen LogP contribution in [0.25, 0.3) is 6.08 Å². The van der Waals surface area contributed by atoms with Crippen LogP contribution < -0.4 is 0 Å². The third-order valence-corrected chi connectivity index (χ3v) is 2.87. The third kappa shape index (κ3) is 10.3. The zero-order chi connectivity index (χ0) is 14.3. The van der Waals surface area contributed by atoms with Crippen molar-refractivity contribution in [3.63, 3.8) is 0 Å². The Morgan fingerprint density at radius 3 is 2.05 bits per heavy atom. The monoisotopic (exact) mass is 260 g/mol. The lowest BCUT2D eigenvalue weighted by Gasteiger charge is -1.99. The molecule has 0 atom stereocenters. The van der Waals surface area contributed by atoms with E-state index in [1.807, 2.05) is 36.4 Å². The smallest absolute Gasteiger partial charge is 0.146 e. The Balaban J connectivity index is 0.000000711. The number of rotatable bonds is 7. The third-order valence-electron chi connectivity index (χ3n) is 2.87. The van der Waals surface area contributed by atoms with Gasteiger partial charge < -0.3 is 0 Å². The highest BCUT2D eigenvalue weighted by molar-refractivity contribution is 5.81. The summed E-state index contributed by atoms with van der Waals surface area (Å²) in [6.45, 7) is 6.53. The van der Waals surface area contributed by atoms with Crippen molar-refractivity contribution in [1.82, 2.24) is 0 Å². The molecule has 0 fully saturated rings. The summed E-state index contributed by atoms with van der Waals surface area (Å²) in [7, 11) is 0. The van der Waals surface area contributed by atoms with E-state index < -0.39 is 0 Å². The van der Waals surface area contributed by atoms with E-state index in [1.54, 1.807) is 0 Å². The van der Waals surface area contributed by atoms with Gasteiger partial charge in [0.1, 0.15) is 6.29 Å². The predicted octanol–water partition coefficient (Wildman–Crippen LogP) is 5.66. The number of allylic oxidation sites excluding steroid dienone is 1. The fourth-order valence-electron chi connectivity index (χ4n) is 1.51. The van der Waals surface area contributed by atoms with Crippen molar-refractivity contribution in [3.05, 3.63) is 41.5 Å². The maximum absolute atomic E-state index is 10.8. The van der Waals surface area contributed by atoms with E-state index in [0.29, 0.717) is 0 Å². The normalized spacial score (nSPS) is 10.6. The van der Waals surface area contributed by atoms with Crippen molar-refractivity contribution in [1.29, 1.82) is 0 Å². The lowest BCUT2D eigenvalue weighted by atomic mass is 10.1. The summed E-state index contributed by atoms with van der Waals surface area (Å²) in [4.78, 5) is 10.8. The molecule has 1 rings (SSSR count). The molecule has 0 heterocycles. The van der Waals surface area contributed by atoms with Gasteiger partial charge in [0.05, 0.1) is 0 Å². The van der Waals surface area contributed by atoms with Crippen molar-refractivity contribution >= 4 is 12.4 Å². The Labute approximate surface area is 118 Å². The Morgan fingerprint density at radius 1 is 0.947 bits per heavy atom. The molecule has 0 saturated carbocycles. The lowest BCUT2D eigenvalue weighted by Crippen LogP contribution is -1.86. The molecule has 19 heavy (non-hydrogen) atoms. The number of carbonyl (C=O) groups excluding carboxylic acids is 1. The van der Waals surface area contributed by atoms with Crippen LogP contribution in [0.4, 0.5) is 0 Å². The van der Waals surface area contributed by atoms with Crippen LogP contribution in [0.3, 0.4) is 0 Å². The molecule has 0 radical (unpaired) electrons. The Kier molecular flexibility index (Phi) is 12.1. The molecule has 0 aliphatic heterocycles. The second kappa shape index (κ2) is 13.1. The van der Waals surface area contributed by atoms with E-state index in [0.717, 1.165) is 30.3 Å². The summed E-state index contributed by atoms with van der Waals surface area (Å²) < 4.78 is 0. The van der Waals surface area contributed by atoms with Crippen LogP contribution in [0.1, 0.15) is 64.9 Å². The number of aldehydes is 1. The van der Waals surface area contributed by atoms with Crippen molar-refractivity contribution < 1.29 is 4.79 Å². The van der Waals surface area contributed by atoms with Gasteiger partial charge in [-0.1, -0.05) is 76.8 Å². The number of hydrogen-bond acceptors (Lipinski definition) is 1. The molecule has 0 bridgehead atoms. The highest BCUT2D eigenvalue weighted by atomic mass is 16.1. The van der Waals surface area contributed by atoms with Crippen LogP contribution in [-0.2, 0) is 4.79 Å². The fourth-order valence-corrected chi connectivity index (χ4v) is 1.51. The van der Waals surface area contributed by atoms with Crippen LogP contribution in [-0.4, -0.2) is 6.29 Å². The predicted molar refractivity (Wildman–Crippen MR) is 85.2 cm³/mol. The maximum atomic E-state index is 10.8. The molecule has 0 unspecified atom stereocenters. The average Bonchev–Trinajstić information content (AvgIpc) is 2.47. The molecule has 0 saturated heterocycles. The van der Waals surface area contributed by atoms with E-state index in [4.69, 9.17) is 0 Å². The molecule has 0 N–H and O–H groups in total. The molecule has 106 valence electrons. The fraction of sp³-hybridized carbons (Fsp3) is 0.500. The molecule has 0 spiro atoms. The minimum Gasteiger partial charge on any atom is -0.298 e. The molecule has 1 nitrogen and oxygen atoms in total. The van der Waals surface area contributed by atoms with Gasteiger partial charge in [-0.15, -0.1) is 0 Å². The summed E-state index contributed by atoms with van der Waals surface area (Å²) in [5.41, 5.74) is 2.01. The molecule has 0 amide bonds. The molecule has 0 aliphatic carbocycles. The number of benzene rings is 1. The van der Waals surface area contributed by atoms with Crippen LogP contribution in [0.15, 0.2) is 35.9 Å². The highest BCUT2D eigenvalue weighted by Gasteiger charge is 1.95. The van der Waals surface area contributed by atoms with E-state index in [1.165, 1.54) is 25.7 Å². The largest absolute Gasteiger partial charge is 0.298 e. The quantitative estimate of drug-likeness (QED) is 0.351. The van der Waals surface area contributed by atoms with Gasteiger partial charge in [-0.25, -0.2) is 0 Å². The lowest BCUT2D eigenvalue weighted by molar-refractivity contribution is -0.105. The second-order valence-electron chi connectivity index (χ2n) is 4.70. The molecule has 0 aliphatic rings. The molecule has 1 aromatic carbocycles. The standard InChI is InChI=1S/C14H18O.C4H10/c1-2-3-5-10-14(12-15)11-13-8-6-4-7-9-13;1-3-4-2/h4,6-9,11-12H,2-3,5,10H2,1H3;3-4H2,1-2H3/b14-11+;. The van der Waals surface area contributed by atoms with Gasteiger partial charge in [-0.3, -0.25) is 4.79 Å². The van der Waals surface area contributed by atoms with E-state index >= 15 is 0 Å². The summed E-state index contributed by atoms with van der Waals surface area (Å²) in [6.07, 6.45) is 9.98. The summed E-state index contributed by atoms with van der Waals surface area (Å²) in [6, 6.07) is 9.99. The van der Waals surface area contributed by atoms with Crippen LogP contribution >= 0.6 is 0 Å². The maximum Gasteiger partial charge on any atom is 0.146 e. The Morgan fingerprint density at radius 2 is 1.58 bits per heavy atom. The molecule has 1 heteroatoms. The highest BCUT2D eigenvalue weighted by Crippen LogP contribution is 2.11. The van der Waals surface area contributed by atoms with Crippen molar-refractivity contribution in [2.75, 3.05) is 0 Å². The van der Waals surface area contributed by atoms with Gasteiger partial charge in [-0.2, -0.15) is 0 Å². The van der Waals surface area contributed by atoms with Gasteiger partial charge in [0.2, 0.25) is 0 Å². The van der Waals surface area contributed by atoms with E-state index in [-0.39, 0.29) is 0 Å². The van der Waals surface area contributed by atoms with Crippen molar-refractivity contribution in [2.24, 2.45) is 0 Å². The zero-order valence-electron chi connectivity index (χ0n) is 12.7. The first kappa shape index (κ1) is 17.6. The van der Waals surface area contributed by atoms with E-state index in [2.05, 4.69) is 20.8 Å². The molecular formula is C18H28O. The van der Waals surface area contributed by atoms with Gasteiger partial charge in [-0.05, 0) is 30.1 Å². The first-order valence-corrected chi connectivity index (χ1v) is 7.49. The number of carbonyl (C=O) groups is 1. The molecule has 1 aromatic rings. The topological polar surface area (TPSA) is 17.1 Å². The SMILES string of the molecule is CCCC.CCCCC/C(C=O)=C\c1ccccc1. The summed E-state index contributed by atoms with van der Waals surface area (Å²) in [5.74, 6) is 0. The summed E-state index contributed by atoms with van der Waals surface area (Å²) in [5, 5.41) is 0. The van der Waals surface area contributed by atoms with E-state index in [9.17, 15) is 4.79 Å². The number of hydrogen-bond donors (Lipinski definition) is 0. The minimum atomic E-state index is 0.895. The Hall–Kier alpha value is -1.37. The first-order chi connectivity index (χ1) is 9.28. The average molecular weight is 260 g/mol. The second-order valence-corrected chi connectivity index (χ2v) is 4.70. The van der Waals surface area contributed by atoms with Gasteiger partial charge in [0, 0.05) is 0 Å². The number of unbranched alkanes of at least 4 members (excludes halogenated alkanes) is 3. The van der Waals surface area contributed by atoms with Crippen molar-refractivity contribution in [2.45, 2.75) is 59.3 Å². The van der Waals surface area contributed by atoms with Crippen LogP contribution in [0.5, 0.6) is 0 Å². The van der Waals surface area contributed by atoms with Gasteiger partial charge in [0.15, 0.2) is 0 Å². The zero-order valence-corrected chi connectivity index (χ0v) is 12.7. The summed E-state index contributed by atoms with van der Waals surface area (Å²) >= 11 is 0. The Bertz CT molecular complexity index is 336.